The van der Waals surface area contributed by atoms with Crippen LogP contribution < -0.4 is 53.2 Å². The van der Waals surface area contributed by atoms with Gasteiger partial charge in [-0.2, -0.15) is 0 Å². The summed E-state index contributed by atoms with van der Waals surface area (Å²) in [6.07, 6.45) is -11.1. The van der Waals surface area contributed by atoms with Crippen LogP contribution in [0.2, 0.25) is 0 Å². The van der Waals surface area contributed by atoms with Crippen LogP contribution in [0.5, 0.6) is 0 Å². The molecule has 3 heterocycles. The van der Waals surface area contributed by atoms with Crippen molar-refractivity contribution in [1.29, 1.82) is 0 Å². The zero-order chi connectivity index (χ0) is 75.6. The molecule has 37 heteroatoms. The third-order valence-corrected chi connectivity index (χ3v) is 16.2. The number of amides is 9. The monoisotopic (exact) mass is 1470 g/mol. The lowest BCUT2D eigenvalue weighted by Gasteiger charge is -2.42. The molecule has 19 N–H and O–H groups in total. The molecule has 590 valence electrons. The van der Waals surface area contributed by atoms with Crippen LogP contribution in [0.15, 0.2) is 0 Å². The Kier molecular flexibility index (Phi) is 44.5. The summed E-state index contributed by atoms with van der Waals surface area (Å²) in [7, 11) is 0. The van der Waals surface area contributed by atoms with E-state index in [4.69, 9.17) is 42.6 Å². The molecule has 3 fully saturated rings. The summed E-state index contributed by atoms with van der Waals surface area (Å²) in [5.74, 6) is -3.02. The number of aliphatic hydroxyl groups is 9. The molecule has 102 heavy (non-hydrogen) atoms. The van der Waals surface area contributed by atoms with E-state index in [1.807, 2.05) is 20.8 Å². The first-order valence-electron chi connectivity index (χ1n) is 35.2. The molecule has 0 aromatic carbocycles. The third kappa shape index (κ3) is 36.5. The summed E-state index contributed by atoms with van der Waals surface area (Å²) < 4.78 is 52.0. The first kappa shape index (κ1) is 90.7. The van der Waals surface area contributed by atoms with E-state index in [9.17, 15) is 89.1 Å². The standard InChI is InChI=1S/C65H118N10O27/c1-40(79)72-52-58(91)55(88)43(34-76)100-61(52)97-28-10-7-16-46(82)66-22-13-25-69-49(85)19-31-94-37-65(75-64(4,5)6,38-95-32-20-50(86)70-26-14-23-67-47(83)17-8-11-29-98-62-53(73-41(2)80)59(92)56(89)44(35-77)101-62)39-96-33-21-51(87)71-27-15-24-68-48(84)18-9-12-30-99-63-54(74-42(3)81)60(93)57(90)45(36-78)102-63/h43-45,52-63,75-78,88-93H,7-39H2,1-6H3,(H,66,82)(H,67,83)(H,68,84)(H,69,85)(H,70,86)(H,71,87)(H,72,79)(H,73,80)(H,74,81). The van der Waals surface area contributed by atoms with Crippen molar-refractivity contribution in [2.45, 2.75) is 241 Å². The molecule has 3 aliphatic rings. The Balaban J connectivity index is 1.42. The highest BCUT2D eigenvalue weighted by atomic mass is 16.7. The maximum atomic E-state index is 12.9. The van der Waals surface area contributed by atoms with Crippen LogP contribution in [-0.2, 0) is 85.8 Å². The highest BCUT2D eigenvalue weighted by Gasteiger charge is 2.48. The van der Waals surface area contributed by atoms with Gasteiger partial charge in [0.15, 0.2) is 18.9 Å². The van der Waals surface area contributed by atoms with Gasteiger partial charge in [-0.25, -0.2) is 0 Å². The molecule has 15 atom stereocenters. The van der Waals surface area contributed by atoms with Crippen molar-refractivity contribution in [3.8, 4) is 0 Å². The molecular weight excluding hydrogens is 1350 g/mol. The van der Waals surface area contributed by atoms with Gasteiger partial charge in [0.2, 0.25) is 53.2 Å². The van der Waals surface area contributed by atoms with E-state index in [1.165, 1.54) is 20.8 Å². The topological polar surface area (TPSA) is 539 Å². The molecule has 3 rings (SSSR count). The average Bonchev–Trinajstić information content (AvgIpc) is 0.829. The van der Waals surface area contributed by atoms with Gasteiger partial charge in [-0.3, -0.25) is 43.2 Å². The van der Waals surface area contributed by atoms with Gasteiger partial charge in [-0.05, 0) is 78.6 Å². The average molecular weight is 1470 g/mol. The molecule has 0 aromatic heterocycles. The molecule has 0 radical (unpaired) electrons. The first-order valence-corrected chi connectivity index (χ1v) is 35.2. The highest BCUT2D eigenvalue weighted by molar-refractivity contribution is 5.78. The Bertz CT molecular complexity index is 2230. The van der Waals surface area contributed by atoms with Gasteiger partial charge in [-0.1, -0.05) is 0 Å². The van der Waals surface area contributed by atoms with E-state index in [0.717, 1.165) is 0 Å². The van der Waals surface area contributed by atoms with Crippen molar-refractivity contribution in [2.75, 3.05) is 119 Å². The Morgan fingerprint density at radius 2 is 0.588 bits per heavy atom. The van der Waals surface area contributed by atoms with Gasteiger partial charge in [-0.15, -0.1) is 0 Å². The molecular formula is C65H118N10O27. The van der Waals surface area contributed by atoms with Crippen LogP contribution in [0.4, 0.5) is 0 Å². The summed E-state index contributed by atoms with van der Waals surface area (Å²) in [6, 6.07) is -3.23. The largest absolute Gasteiger partial charge is 0.394 e. The van der Waals surface area contributed by atoms with Gasteiger partial charge in [0, 0.05) is 124 Å². The molecule has 0 spiro atoms. The summed E-state index contributed by atoms with van der Waals surface area (Å²) in [6.45, 7) is 9.61. The van der Waals surface area contributed by atoms with Crippen LogP contribution in [-0.4, -0.2) is 321 Å². The second-order valence-corrected chi connectivity index (χ2v) is 26.5. The highest BCUT2D eigenvalue weighted by Crippen LogP contribution is 2.26. The summed E-state index contributed by atoms with van der Waals surface area (Å²) in [4.78, 5) is 111. The quantitative estimate of drug-likeness (QED) is 0.0252. The van der Waals surface area contributed by atoms with E-state index >= 15 is 0 Å². The minimum atomic E-state index is -1.44. The minimum absolute atomic E-state index is 0.00271. The zero-order valence-electron chi connectivity index (χ0n) is 59.9. The first-order chi connectivity index (χ1) is 48.5. The second kappa shape index (κ2) is 50.1. The van der Waals surface area contributed by atoms with Gasteiger partial charge < -0.3 is 142 Å². The van der Waals surface area contributed by atoms with Crippen molar-refractivity contribution in [3.05, 3.63) is 0 Å². The van der Waals surface area contributed by atoms with Crippen LogP contribution in [0.1, 0.15) is 138 Å². The Labute approximate surface area is 595 Å². The number of ether oxygens (including phenoxy) is 9. The smallest absolute Gasteiger partial charge is 0.222 e. The maximum Gasteiger partial charge on any atom is 0.222 e. The fraction of sp³-hybridized carbons (Fsp3) is 0.862. The fourth-order valence-corrected chi connectivity index (χ4v) is 11.1. The van der Waals surface area contributed by atoms with Crippen molar-refractivity contribution >= 4 is 53.2 Å². The van der Waals surface area contributed by atoms with Crippen LogP contribution in [0, 0.1) is 0 Å². The van der Waals surface area contributed by atoms with E-state index < -0.39 is 141 Å². The minimum Gasteiger partial charge on any atom is -0.394 e. The van der Waals surface area contributed by atoms with Crippen LogP contribution in [0.3, 0.4) is 0 Å². The Morgan fingerprint density at radius 1 is 0.343 bits per heavy atom. The Morgan fingerprint density at radius 3 is 0.814 bits per heavy atom. The normalized spacial score (nSPS) is 25.6. The van der Waals surface area contributed by atoms with Crippen LogP contribution in [0.25, 0.3) is 0 Å². The molecule has 3 saturated heterocycles. The predicted molar refractivity (Wildman–Crippen MR) is 359 cm³/mol. The SMILES string of the molecule is CC(=O)NC1C(OCCCCC(=O)NCCCNC(=O)CCOCC(COCCC(=O)NCCCNC(=O)CCCCOC2OC(CO)C(O)C(O)C2NC(C)=O)(COCCC(=O)NCCCNC(=O)CCCCOC2OC(CO)C(O)C(O)C2NC(C)=O)NC(C)(C)C)OC(CO)C(O)C1O. The summed E-state index contributed by atoms with van der Waals surface area (Å²) in [5.41, 5.74) is -1.61. The van der Waals surface area contributed by atoms with Gasteiger partial charge in [0.1, 0.15) is 73.1 Å². The predicted octanol–water partition coefficient (Wildman–Crippen LogP) is -6.41. The van der Waals surface area contributed by atoms with E-state index in [2.05, 4.69) is 53.2 Å². The second-order valence-electron chi connectivity index (χ2n) is 26.5. The van der Waals surface area contributed by atoms with E-state index in [-0.39, 0.29) is 173 Å². The van der Waals surface area contributed by atoms with Crippen LogP contribution >= 0.6 is 0 Å². The van der Waals surface area contributed by atoms with Gasteiger partial charge in [0.25, 0.3) is 0 Å². The number of carbonyl (C=O) groups is 9. The van der Waals surface area contributed by atoms with Gasteiger partial charge in [0.05, 0.1) is 65.0 Å². The lowest BCUT2D eigenvalue weighted by atomic mass is 9.97. The molecule has 0 saturated carbocycles. The fourth-order valence-electron chi connectivity index (χ4n) is 11.1. The summed E-state index contributed by atoms with van der Waals surface area (Å²) >= 11 is 0. The van der Waals surface area contributed by atoms with E-state index in [0.29, 0.717) is 57.8 Å². The van der Waals surface area contributed by atoms with E-state index in [1.54, 1.807) is 0 Å². The lowest BCUT2D eigenvalue weighted by molar-refractivity contribution is -0.270. The lowest BCUT2D eigenvalue weighted by Crippen LogP contribution is -2.64. The molecule has 37 nitrogen and oxygen atoms in total. The molecule has 0 aromatic rings. The maximum absolute atomic E-state index is 12.9. The zero-order valence-corrected chi connectivity index (χ0v) is 59.9. The molecule has 15 unspecified atom stereocenters. The number of unbranched alkanes of at least 4 members (excludes halogenated alkanes) is 3. The van der Waals surface area contributed by atoms with Crippen molar-refractivity contribution < 1.29 is 132 Å². The summed E-state index contributed by atoms with van der Waals surface area (Å²) in [5, 5.41) is 118. The Hall–Kier alpha value is -5.53. The molecule has 0 aliphatic carbocycles. The van der Waals surface area contributed by atoms with Gasteiger partial charge >= 0.3 is 0 Å². The number of rotatable bonds is 52. The number of hydrogen-bond acceptors (Lipinski definition) is 28. The van der Waals surface area contributed by atoms with Crippen molar-refractivity contribution in [2.24, 2.45) is 0 Å². The molecule has 9 amide bonds. The molecule has 0 bridgehead atoms. The third-order valence-electron chi connectivity index (χ3n) is 16.2. The van der Waals surface area contributed by atoms with Crippen molar-refractivity contribution in [1.82, 2.24) is 53.2 Å². The number of carbonyl (C=O) groups excluding carboxylic acids is 9. The van der Waals surface area contributed by atoms with Crippen molar-refractivity contribution in [3.63, 3.8) is 0 Å². The number of nitrogens with one attached hydrogen (secondary N) is 10. The number of aliphatic hydroxyl groups excluding tert-OH is 9. The molecule has 3 aliphatic heterocycles. The number of hydrogen-bond donors (Lipinski definition) is 19.